The summed E-state index contributed by atoms with van der Waals surface area (Å²) in [5.74, 6) is -2.91. The van der Waals surface area contributed by atoms with E-state index in [9.17, 15) is 18.4 Å². The van der Waals surface area contributed by atoms with E-state index in [4.69, 9.17) is 0 Å². The number of amides is 2. The molecule has 3 saturated heterocycles. The zero-order valence-corrected chi connectivity index (χ0v) is 14.5. The average molecular weight is 375 g/mol. The second kappa shape index (κ2) is 7.07. The minimum absolute atomic E-state index is 0.0378. The predicted molar refractivity (Wildman–Crippen MR) is 93.3 cm³/mol. The molecule has 1 aromatic heterocycles. The summed E-state index contributed by atoms with van der Waals surface area (Å²) >= 11 is 0. The van der Waals surface area contributed by atoms with Crippen molar-refractivity contribution in [3.63, 3.8) is 0 Å². The van der Waals surface area contributed by atoms with Gasteiger partial charge in [0, 0.05) is 12.6 Å². The first-order valence-corrected chi connectivity index (χ1v) is 8.85. The lowest BCUT2D eigenvalue weighted by Gasteiger charge is -2.44. The van der Waals surface area contributed by atoms with E-state index in [1.807, 2.05) is 0 Å². The van der Waals surface area contributed by atoms with E-state index in [2.05, 4.69) is 25.7 Å². The van der Waals surface area contributed by atoms with Crippen molar-refractivity contribution in [2.24, 2.45) is 5.92 Å². The molecule has 3 aliphatic rings. The van der Waals surface area contributed by atoms with Crippen LogP contribution in [0, 0.1) is 17.6 Å². The number of anilines is 1. The van der Waals surface area contributed by atoms with Crippen LogP contribution < -0.4 is 10.6 Å². The van der Waals surface area contributed by atoms with E-state index in [-0.39, 0.29) is 17.4 Å². The van der Waals surface area contributed by atoms with Gasteiger partial charge in [0.15, 0.2) is 0 Å². The number of benzene rings is 1. The Balaban J connectivity index is 1.48. The smallest absolute Gasteiger partial charge is 0.271 e. The third-order valence-electron chi connectivity index (χ3n) is 5.28. The van der Waals surface area contributed by atoms with E-state index >= 15 is 0 Å². The number of nitrogens with zero attached hydrogens (tertiary/aromatic N) is 2. The number of carbonyl (C=O) groups excluding carboxylic acids is 2. The van der Waals surface area contributed by atoms with Gasteiger partial charge in [-0.3, -0.25) is 14.7 Å². The van der Waals surface area contributed by atoms with E-state index < -0.39 is 29.0 Å². The number of halogens is 2. The minimum atomic E-state index is -0.983. The molecule has 142 valence electrons. The number of rotatable bonds is 4. The molecule has 3 N–H and O–H groups in total. The summed E-state index contributed by atoms with van der Waals surface area (Å²) in [4.78, 5) is 27.2. The highest BCUT2D eigenvalue weighted by atomic mass is 19.1. The van der Waals surface area contributed by atoms with Crippen molar-refractivity contribution in [1.29, 1.82) is 0 Å². The Bertz CT molecular complexity index is 856. The van der Waals surface area contributed by atoms with Crippen molar-refractivity contribution in [2.45, 2.75) is 18.9 Å². The molecule has 0 unspecified atom stereocenters. The topological polar surface area (TPSA) is 90.1 Å². The van der Waals surface area contributed by atoms with Crippen molar-refractivity contribution < 1.29 is 18.4 Å². The number of piperidine rings is 3. The van der Waals surface area contributed by atoms with E-state index in [0.29, 0.717) is 5.92 Å². The summed E-state index contributed by atoms with van der Waals surface area (Å²) in [5, 5.41) is 11.7. The van der Waals surface area contributed by atoms with Crippen molar-refractivity contribution in [1.82, 2.24) is 20.4 Å². The van der Waals surface area contributed by atoms with E-state index in [0.717, 1.165) is 44.6 Å². The van der Waals surface area contributed by atoms with E-state index in [1.54, 1.807) is 0 Å². The molecular formula is C18H19F2N5O2. The number of fused-ring (bicyclic) bond motifs is 3. The molecule has 2 amide bonds. The molecule has 27 heavy (non-hydrogen) atoms. The van der Waals surface area contributed by atoms with Gasteiger partial charge in [-0.2, -0.15) is 5.10 Å². The van der Waals surface area contributed by atoms with Crippen LogP contribution in [0.1, 0.15) is 33.7 Å². The molecule has 2 aromatic rings. The third-order valence-corrected chi connectivity index (χ3v) is 5.28. The van der Waals surface area contributed by atoms with Gasteiger partial charge in [0.1, 0.15) is 22.9 Å². The highest BCUT2D eigenvalue weighted by Gasteiger charge is 2.35. The number of H-pyrrole nitrogens is 1. The first kappa shape index (κ1) is 17.6. The molecule has 2 bridgehead atoms. The Morgan fingerprint density at radius 3 is 2.48 bits per heavy atom. The lowest BCUT2D eigenvalue weighted by Crippen LogP contribution is -2.57. The van der Waals surface area contributed by atoms with Gasteiger partial charge in [0.05, 0.1) is 11.9 Å². The molecule has 3 fully saturated rings. The number of aromatic nitrogens is 2. The molecule has 0 saturated carbocycles. The number of aromatic amines is 1. The number of nitrogens with one attached hydrogen (secondary N) is 3. The number of hydrogen-bond acceptors (Lipinski definition) is 4. The van der Waals surface area contributed by atoms with Crippen LogP contribution in [0.15, 0.2) is 24.4 Å². The van der Waals surface area contributed by atoms with Gasteiger partial charge in [-0.05, 0) is 44.0 Å². The Hall–Kier alpha value is -2.81. The maximum atomic E-state index is 13.8. The Morgan fingerprint density at radius 1 is 1.15 bits per heavy atom. The van der Waals surface area contributed by atoms with Crippen LogP contribution in [0.2, 0.25) is 0 Å². The quantitative estimate of drug-likeness (QED) is 0.760. The average Bonchev–Trinajstić information content (AvgIpc) is 3.11. The van der Waals surface area contributed by atoms with Crippen molar-refractivity contribution in [3.05, 3.63) is 47.3 Å². The molecule has 4 heterocycles. The maximum Gasteiger partial charge on any atom is 0.271 e. The standard InChI is InChI=1S/C18H19F2N5O2/c19-11-2-1-3-12(20)15(11)17(26)22-13-8-21-24-16(13)18(27)23-14-9-25-6-4-10(14)5-7-25/h1-3,8,10,14H,4-7,9H2,(H,21,24)(H,22,26)(H,23,27)/t14-/m1/s1. The summed E-state index contributed by atoms with van der Waals surface area (Å²) in [6.45, 7) is 2.90. The monoisotopic (exact) mass is 375 g/mol. The molecule has 0 radical (unpaired) electrons. The van der Waals surface area contributed by atoms with Crippen LogP contribution >= 0.6 is 0 Å². The Labute approximate surface area is 154 Å². The molecular weight excluding hydrogens is 356 g/mol. The number of carbonyl (C=O) groups is 2. The fourth-order valence-corrected chi connectivity index (χ4v) is 3.82. The molecule has 0 aliphatic carbocycles. The van der Waals surface area contributed by atoms with Gasteiger partial charge in [0.2, 0.25) is 0 Å². The molecule has 1 atom stereocenters. The van der Waals surface area contributed by atoms with Crippen LogP contribution in [0.5, 0.6) is 0 Å². The molecule has 5 rings (SSSR count). The first-order valence-electron chi connectivity index (χ1n) is 8.85. The van der Waals surface area contributed by atoms with Crippen LogP contribution in [0.3, 0.4) is 0 Å². The molecule has 1 aromatic carbocycles. The van der Waals surface area contributed by atoms with E-state index in [1.165, 1.54) is 12.3 Å². The lowest BCUT2D eigenvalue weighted by molar-refractivity contribution is 0.0618. The molecule has 9 heteroatoms. The zero-order chi connectivity index (χ0) is 19.0. The minimum Gasteiger partial charge on any atom is -0.346 e. The van der Waals surface area contributed by atoms with Crippen molar-refractivity contribution in [2.75, 3.05) is 25.0 Å². The lowest BCUT2D eigenvalue weighted by atomic mass is 9.84. The highest BCUT2D eigenvalue weighted by Crippen LogP contribution is 2.28. The van der Waals surface area contributed by atoms with Crippen LogP contribution in [-0.2, 0) is 0 Å². The predicted octanol–water partition coefficient (Wildman–Crippen LogP) is 1.76. The second-order valence-electron chi connectivity index (χ2n) is 6.93. The van der Waals surface area contributed by atoms with Gasteiger partial charge in [-0.1, -0.05) is 6.07 Å². The first-order chi connectivity index (χ1) is 13.0. The highest BCUT2D eigenvalue weighted by molar-refractivity contribution is 6.08. The SMILES string of the molecule is O=C(N[C@@H]1CN2CCC1CC2)c1[nH]ncc1NC(=O)c1c(F)cccc1F. The van der Waals surface area contributed by atoms with Crippen LogP contribution in [0.25, 0.3) is 0 Å². The van der Waals surface area contributed by atoms with Crippen LogP contribution in [0.4, 0.5) is 14.5 Å². The van der Waals surface area contributed by atoms with Crippen molar-refractivity contribution >= 4 is 17.5 Å². The third kappa shape index (κ3) is 3.42. The second-order valence-corrected chi connectivity index (χ2v) is 6.93. The summed E-state index contributed by atoms with van der Waals surface area (Å²) in [6.07, 6.45) is 3.33. The zero-order valence-electron chi connectivity index (χ0n) is 14.5. The van der Waals surface area contributed by atoms with Gasteiger partial charge >= 0.3 is 0 Å². The largest absolute Gasteiger partial charge is 0.346 e. The summed E-state index contributed by atoms with van der Waals surface area (Å²) in [6, 6.07) is 3.20. The maximum absolute atomic E-state index is 13.8. The Morgan fingerprint density at radius 2 is 1.85 bits per heavy atom. The van der Waals surface area contributed by atoms with Gasteiger partial charge in [0.25, 0.3) is 11.8 Å². The van der Waals surface area contributed by atoms with Gasteiger partial charge in [-0.25, -0.2) is 8.78 Å². The summed E-state index contributed by atoms with van der Waals surface area (Å²) in [5.41, 5.74) is -0.583. The summed E-state index contributed by atoms with van der Waals surface area (Å²) in [7, 11) is 0. The normalized spacial score (nSPS) is 23.9. The fraction of sp³-hybridized carbons (Fsp3) is 0.389. The Kier molecular flexibility index (Phi) is 4.61. The molecule has 0 spiro atoms. The summed E-state index contributed by atoms with van der Waals surface area (Å²) < 4.78 is 27.6. The fourth-order valence-electron chi connectivity index (χ4n) is 3.82. The van der Waals surface area contributed by atoms with Crippen LogP contribution in [-0.4, -0.2) is 52.6 Å². The molecule has 7 nitrogen and oxygen atoms in total. The molecule has 3 aliphatic heterocycles. The van der Waals surface area contributed by atoms with Crippen molar-refractivity contribution in [3.8, 4) is 0 Å². The van der Waals surface area contributed by atoms with Gasteiger partial charge in [-0.15, -0.1) is 0 Å². The van der Waals surface area contributed by atoms with Gasteiger partial charge < -0.3 is 15.5 Å². The number of hydrogen-bond donors (Lipinski definition) is 3.